The van der Waals surface area contributed by atoms with Crippen LogP contribution in [0.25, 0.3) is 0 Å². The third kappa shape index (κ3) is 6.68. The zero-order valence-electron chi connectivity index (χ0n) is 16.0. The quantitative estimate of drug-likeness (QED) is 0.424. The van der Waals surface area contributed by atoms with Crippen molar-refractivity contribution in [2.45, 2.75) is 36.7 Å². The Bertz CT molecular complexity index is 964. The van der Waals surface area contributed by atoms with E-state index in [-0.39, 0.29) is 29.6 Å². The van der Waals surface area contributed by atoms with Crippen LogP contribution in [0.4, 0.5) is 0 Å². The summed E-state index contributed by atoms with van der Waals surface area (Å²) in [6.45, 7) is 4.92. The molecule has 1 unspecified atom stereocenters. The van der Waals surface area contributed by atoms with Crippen molar-refractivity contribution < 1.29 is 29.9 Å². The molecule has 7 nitrogen and oxygen atoms in total. The second kappa shape index (κ2) is 9.62. The number of aryl methyl sites for hydroxylation is 2. The van der Waals surface area contributed by atoms with Crippen molar-refractivity contribution in [1.29, 1.82) is 0 Å². The molecule has 0 saturated heterocycles. The summed E-state index contributed by atoms with van der Waals surface area (Å²) in [5.41, 5.74) is 1.88. The number of rotatable bonds is 10. The summed E-state index contributed by atoms with van der Waals surface area (Å²) >= 11 is 0. The van der Waals surface area contributed by atoms with Gasteiger partial charge >= 0.3 is 0 Å². The van der Waals surface area contributed by atoms with Crippen molar-refractivity contribution >= 4 is 20.2 Å². The zero-order valence-corrected chi connectivity index (χ0v) is 17.6. The highest BCUT2D eigenvalue weighted by atomic mass is 32.2. The highest BCUT2D eigenvalue weighted by Gasteiger charge is 2.18. The molecule has 0 spiro atoms. The molecule has 0 aliphatic rings. The summed E-state index contributed by atoms with van der Waals surface area (Å²) in [5.74, 6) is 0. The highest BCUT2D eigenvalue weighted by Crippen LogP contribution is 2.15. The maximum absolute atomic E-state index is 12.1. The van der Waals surface area contributed by atoms with Crippen LogP contribution in [0.1, 0.15) is 18.1 Å². The van der Waals surface area contributed by atoms with E-state index in [1.165, 1.54) is 24.3 Å². The van der Waals surface area contributed by atoms with E-state index < -0.39 is 26.3 Å². The first-order chi connectivity index (χ1) is 13.1. The van der Waals surface area contributed by atoms with E-state index in [0.29, 0.717) is 0 Å². The average molecular weight is 429 g/mol. The molecule has 154 valence electrons. The molecule has 0 aromatic heterocycles. The third-order valence-electron chi connectivity index (χ3n) is 3.80. The number of hydrogen-bond acceptors (Lipinski definition) is 7. The van der Waals surface area contributed by atoms with Crippen LogP contribution in [0.15, 0.2) is 58.3 Å². The maximum atomic E-state index is 12.1. The Balaban J connectivity index is 1.76. The maximum Gasteiger partial charge on any atom is 0.297 e. The van der Waals surface area contributed by atoms with Gasteiger partial charge in [0.15, 0.2) is 0 Å². The SMILES string of the molecule is Cc1ccc(S(=O)(=O)OCCOC(C)COS(=O)(=O)c2ccc(C)cc2)cc1. The first kappa shape index (κ1) is 22.5. The summed E-state index contributed by atoms with van der Waals surface area (Å²) in [6.07, 6.45) is -0.564. The molecule has 0 bridgehead atoms. The predicted molar refractivity (Wildman–Crippen MR) is 104 cm³/mol. The van der Waals surface area contributed by atoms with E-state index in [1.807, 2.05) is 13.8 Å². The fraction of sp³-hybridized carbons (Fsp3) is 0.368. The summed E-state index contributed by atoms with van der Waals surface area (Å²) in [7, 11) is -7.73. The lowest BCUT2D eigenvalue weighted by atomic mass is 10.2. The van der Waals surface area contributed by atoms with E-state index in [1.54, 1.807) is 31.2 Å². The van der Waals surface area contributed by atoms with Crippen LogP contribution in [0.5, 0.6) is 0 Å². The summed E-state index contributed by atoms with van der Waals surface area (Å²) in [6, 6.07) is 12.6. The number of hydrogen-bond donors (Lipinski definition) is 0. The average Bonchev–Trinajstić information content (AvgIpc) is 2.64. The Morgan fingerprint density at radius 2 is 1.14 bits per heavy atom. The lowest BCUT2D eigenvalue weighted by Gasteiger charge is -2.14. The van der Waals surface area contributed by atoms with Gasteiger partial charge in [0.25, 0.3) is 20.2 Å². The van der Waals surface area contributed by atoms with Gasteiger partial charge in [-0.15, -0.1) is 0 Å². The van der Waals surface area contributed by atoms with Gasteiger partial charge in [0.1, 0.15) is 0 Å². The lowest BCUT2D eigenvalue weighted by molar-refractivity contribution is 0.0195. The summed E-state index contributed by atoms with van der Waals surface area (Å²) < 4.78 is 63.6. The van der Waals surface area contributed by atoms with Crippen LogP contribution in [0.2, 0.25) is 0 Å². The molecule has 9 heteroatoms. The van der Waals surface area contributed by atoms with Crippen molar-refractivity contribution in [1.82, 2.24) is 0 Å². The molecule has 28 heavy (non-hydrogen) atoms. The van der Waals surface area contributed by atoms with Gasteiger partial charge in [0, 0.05) is 0 Å². The second-order valence-corrected chi connectivity index (χ2v) is 9.55. The lowest BCUT2D eigenvalue weighted by Crippen LogP contribution is -2.22. The van der Waals surface area contributed by atoms with E-state index in [0.717, 1.165) is 11.1 Å². The van der Waals surface area contributed by atoms with E-state index in [9.17, 15) is 16.8 Å². The van der Waals surface area contributed by atoms with Crippen molar-refractivity contribution in [3.8, 4) is 0 Å². The van der Waals surface area contributed by atoms with Crippen LogP contribution >= 0.6 is 0 Å². The minimum atomic E-state index is -3.87. The Labute approximate surface area is 166 Å². The van der Waals surface area contributed by atoms with Crippen molar-refractivity contribution in [3.63, 3.8) is 0 Å². The molecule has 0 heterocycles. The fourth-order valence-corrected chi connectivity index (χ4v) is 4.04. The molecule has 0 N–H and O–H groups in total. The minimum Gasteiger partial charge on any atom is -0.374 e. The molecule has 0 amide bonds. The summed E-state index contributed by atoms with van der Waals surface area (Å²) in [5, 5.41) is 0. The van der Waals surface area contributed by atoms with Gasteiger partial charge in [0.2, 0.25) is 0 Å². The molecule has 2 aromatic carbocycles. The first-order valence-electron chi connectivity index (χ1n) is 8.64. The van der Waals surface area contributed by atoms with Gasteiger partial charge in [-0.05, 0) is 45.0 Å². The van der Waals surface area contributed by atoms with Gasteiger partial charge in [-0.1, -0.05) is 35.4 Å². The Morgan fingerprint density at radius 1 is 0.714 bits per heavy atom. The molecule has 0 saturated carbocycles. The number of ether oxygens (including phenoxy) is 1. The topological polar surface area (TPSA) is 96.0 Å². The molecule has 0 aliphatic heterocycles. The van der Waals surface area contributed by atoms with Crippen LogP contribution in [-0.2, 0) is 33.3 Å². The third-order valence-corrected chi connectivity index (χ3v) is 6.42. The molecular weight excluding hydrogens is 404 g/mol. The molecular formula is C19H24O7S2. The second-order valence-electron chi connectivity index (χ2n) is 6.32. The van der Waals surface area contributed by atoms with Crippen molar-refractivity contribution in [2.75, 3.05) is 19.8 Å². The predicted octanol–water partition coefficient (Wildman–Crippen LogP) is 2.82. The normalized spacial score (nSPS) is 13.4. The van der Waals surface area contributed by atoms with E-state index >= 15 is 0 Å². The first-order valence-corrected chi connectivity index (χ1v) is 11.5. The fourth-order valence-electron chi connectivity index (χ4n) is 2.17. The smallest absolute Gasteiger partial charge is 0.297 e. The Hall–Kier alpha value is -1.78. The molecule has 2 aromatic rings. The van der Waals surface area contributed by atoms with E-state index in [2.05, 4.69) is 0 Å². The standard InChI is InChI=1S/C19H24O7S2/c1-15-4-8-18(9-5-15)27(20,21)25-13-12-24-17(3)14-26-28(22,23)19-10-6-16(2)7-11-19/h4-11,17H,12-14H2,1-3H3. The van der Waals surface area contributed by atoms with Crippen LogP contribution in [0.3, 0.4) is 0 Å². The molecule has 0 aliphatic carbocycles. The molecule has 2 rings (SSSR count). The van der Waals surface area contributed by atoms with Crippen LogP contribution in [0, 0.1) is 13.8 Å². The van der Waals surface area contributed by atoms with Crippen LogP contribution < -0.4 is 0 Å². The number of benzene rings is 2. The summed E-state index contributed by atoms with van der Waals surface area (Å²) in [4.78, 5) is 0.136. The van der Waals surface area contributed by atoms with Gasteiger partial charge in [-0.3, -0.25) is 8.37 Å². The molecule has 0 fully saturated rings. The van der Waals surface area contributed by atoms with Gasteiger partial charge < -0.3 is 4.74 Å². The van der Waals surface area contributed by atoms with Crippen LogP contribution in [-0.4, -0.2) is 42.8 Å². The van der Waals surface area contributed by atoms with E-state index in [4.69, 9.17) is 13.1 Å². The molecule has 0 radical (unpaired) electrons. The Morgan fingerprint density at radius 3 is 1.61 bits per heavy atom. The monoisotopic (exact) mass is 428 g/mol. The van der Waals surface area contributed by atoms with Gasteiger partial charge in [-0.2, -0.15) is 16.8 Å². The zero-order chi connectivity index (χ0) is 20.8. The largest absolute Gasteiger partial charge is 0.374 e. The molecule has 1 atom stereocenters. The Kier molecular flexibility index (Phi) is 7.73. The minimum absolute atomic E-state index is 0.0276. The van der Waals surface area contributed by atoms with Gasteiger partial charge in [0.05, 0.1) is 35.7 Å². The highest BCUT2D eigenvalue weighted by molar-refractivity contribution is 7.87. The van der Waals surface area contributed by atoms with Crippen molar-refractivity contribution in [2.24, 2.45) is 0 Å². The van der Waals surface area contributed by atoms with Gasteiger partial charge in [-0.25, -0.2) is 0 Å². The van der Waals surface area contributed by atoms with Crippen molar-refractivity contribution in [3.05, 3.63) is 59.7 Å².